The molecule has 1 atom stereocenters. The van der Waals surface area contributed by atoms with Gasteiger partial charge in [-0.3, -0.25) is 14.5 Å². The van der Waals surface area contributed by atoms with Gasteiger partial charge in [0.05, 0.1) is 17.1 Å². The molecule has 1 saturated heterocycles. The van der Waals surface area contributed by atoms with E-state index in [1.807, 2.05) is 6.92 Å². The maximum atomic E-state index is 13.1. The number of carbonyl (C=O) groups is 2. The molecule has 0 saturated carbocycles. The Labute approximate surface area is 115 Å². The third-order valence-electron chi connectivity index (χ3n) is 2.95. The molecule has 2 amide bonds. The van der Waals surface area contributed by atoms with Crippen LogP contribution in [-0.2, 0) is 9.59 Å². The molecule has 102 valence electrons. The first-order valence-electron chi connectivity index (χ1n) is 6.08. The smallest absolute Gasteiger partial charge is 0.252 e. The Morgan fingerprint density at radius 1 is 1.47 bits per heavy atom. The molecule has 1 aliphatic rings. The zero-order valence-electron chi connectivity index (χ0n) is 10.5. The minimum Gasteiger partial charge on any atom is -0.372 e. The van der Waals surface area contributed by atoms with E-state index in [-0.39, 0.29) is 18.2 Å². The molecular weight excluding hydrogens is 271 g/mol. The molecule has 2 rings (SSSR count). The number of likely N-dealkylation sites (tertiary alicyclic amines) is 1. The van der Waals surface area contributed by atoms with Crippen molar-refractivity contribution in [3.63, 3.8) is 0 Å². The molecule has 0 aromatic heterocycles. The molecule has 0 radical (unpaired) electrons. The van der Waals surface area contributed by atoms with Gasteiger partial charge in [-0.05, 0) is 24.6 Å². The van der Waals surface area contributed by atoms with Crippen molar-refractivity contribution in [2.45, 2.75) is 25.8 Å². The van der Waals surface area contributed by atoms with Gasteiger partial charge in [-0.15, -0.1) is 0 Å². The fourth-order valence-electron chi connectivity index (χ4n) is 2.05. The molecule has 1 aromatic carbocycles. The van der Waals surface area contributed by atoms with Crippen molar-refractivity contribution in [1.29, 1.82) is 0 Å². The maximum absolute atomic E-state index is 13.1. The molecule has 1 aliphatic heterocycles. The molecular formula is C13H14ClFN2O2. The highest BCUT2D eigenvalue weighted by Gasteiger charge is 2.38. The summed E-state index contributed by atoms with van der Waals surface area (Å²) >= 11 is 5.92. The van der Waals surface area contributed by atoms with Gasteiger partial charge < -0.3 is 5.32 Å². The standard InChI is InChI=1S/C13H14ClFN2O2/c1-2-5-17-12(18)7-11(13(17)19)16-10-6-8(15)3-4-9(10)14/h3-4,6,11,16H,2,5,7H2,1H3. The Morgan fingerprint density at radius 3 is 2.89 bits per heavy atom. The van der Waals surface area contributed by atoms with E-state index in [0.29, 0.717) is 23.7 Å². The molecule has 0 aliphatic carbocycles. The first kappa shape index (κ1) is 13.8. The van der Waals surface area contributed by atoms with E-state index in [4.69, 9.17) is 11.6 Å². The average molecular weight is 285 g/mol. The Hall–Kier alpha value is -1.62. The third kappa shape index (κ3) is 2.87. The molecule has 6 heteroatoms. The summed E-state index contributed by atoms with van der Waals surface area (Å²) < 4.78 is 13.1. The zero-order valence-corrected chi connectivity index (χ0v) is 11.2. The predicted octanol–water partition coefficient (Wildman–Crippen LogP) is 2.43. The van der Waals surface area contributed by atoms with Crippen LogP contribution in [0.5, 0.6) is 0 Å². The lowest BCUT2D eigenvalue weighted by Gasteiger charge is -2.15. The zero-order chi connectivity index (χ0) is 14.0. The molecule has 1 N–H and O–H groups in total. The number of halogens is 2. The summed E-state index contributed by atoms with van der Waals surface area (Å²) in [7, 11) is 0. The average Bonchev–Trinajstić information content (AvgIpc) is 2.62. The minimum atomic E-state index is -0.668. The van der Waals surface area contributed by atoms with Gasteiger partial charge in [0, 0.05) is 6.54 Å². The predicted molar refractivity (Wildman–Crippen MR) is 70.4 cm³/mol. The summed E-state index contributed by atoms with van der Waals surface area (Å²) in [6, 6.07) is 3.18. The summed E-state index contributed by atoms with van der Waals surface area (Å²) in [5.74, 6) is -0.946. The SMILES string of the molecule is CCCN1C(=O)CC(Nc2cc(F)ccc2Cl)C1=O. The number of anilines is 1. The highest BCUT2D eigenvalue weighted by molar-refractivity contribution is 6.33. The Kier molecular flexibility index (Phi) is 4.04. The van der Waals surface area contributed by atoms with Gasteiger partial charge >= 0.3 is 0 Å². The maximum Gasteiger partial charge on any atom is 0.252 e. The summed E-state index contributed by atoms with van der Waals surface area (Å²) in [6.07, 6.45) is 0.788. The largest absolute Gasteiger partial charge is 0.372 e. The van der Waals surface area contributed by atoms with Crippen molar-refractivity contribution < 1.29 is 14.0 Å². The van der Waals surface area contributed by atoms with Gasteiger partial charge in [-0.1, -0.05) is 18.5 Å². The van der Waals surface area contributed by atoms with Crippen LogP contribution in [-0.4, -0.2) is 29.3 Å². The van der Waals surface area contributed by atoms with Gasteiger partial charge in [-0.25, -0.2) is 4.39 Å². The van der Waals surface area contributed by atoms with E-state index < -0.39 is 11.9 Å². The van der Waals surface area contributed by atoms with Crippen molar-refractivity contribution in [2.24, 2.45) is 0 Å². The highest BCUT2D eigenvalue weighted by atomic mass is 35.5. The molecule has 1 heterocycles. The van der Waals surface area contributed by atoms with Gasteiger partial charge in [0.1, 0.15) is 11.9 Å². The number of benzene rings is 1. The first-order valence-corrected chi connectivity index (χ1v) is 6.46. The van der Waals surface area contributed by atoms with Crippen LogP contribution < -0.4 is 5.32 Å². The Bertz CT molecular complexity index is 521. The van der Waals surface area contributed by atoms with Crippen LogP contribution >= 0.6 is 11.6 Å². The van der Waals surface area contributed by atoms with Gasteiger partial charge in [0.2, 0.25) is 5.91 Å². The lowest BCUT2D eigenvalue weighted by Crippen LogP contribution is -2.35. The van der Waals surface area contributed by atoms with Crippen LogP contribution in [0.15, 0.2) is 18.2 Å². The summed E-state index contributed by atoms with van der Waals surface area (Å²) in [5, 5.41) is 3.15. The normalized spacial score (nSPS) is 19.1. The summed E-state index contributed by atoms with van der Waals surface area (Å²) in [5.41, 5.74) is 0.325. The van der Waals surface area contributed by atoms with E-state index in [2.05, 4.69) is 5.32 Å². The van der Waals surface area contributed by atoms with Gasteiger partial charge in [-0.2, -0.15) is 0 Å². The second kappa shape index (κ2) is 5.57. The van der Waals surface area contributed by atoms with Crippen LogP contribution in [0.25, 0.3) is 0 Å². The lowest BCUT2D eigenvalue weighted by atomic mass is 10.2. The van der Waals surface area contributed by atoms with Gasteiger partial charge in [0.25, 0.3) is 5.91 Å². The Balaban J connectivity index is 2.14. The van der Waals surface area contributed by atoms with Crippen molar-refractivity contribution >= 4 is 29.1 Å². The molecule has 1 unspecified atom stereocenters. The third-order valence-corrected chi connectivity index (χ3v) is 3.28. The number of amides is 2. The van der Waals surface area contributed by atoms with Crippen molar-refractivity contribution in [1.82, 2.24) is 4.90 Å². The van der Waals surface area contributed by atoms with Crippen LogP contribution in [0.2, 0.25) is 5.02 Å². The summed E-state index contributed by atoms with van der Waals surface area (Å²) in [4.78, 5) is 24.9. The first-order chi connectivity index (χ1) is 9.02. The second-order valence-corrected chi connectivity index (χ2v) is 4.82. The monoisotopic (exact) mass is 284 g/mol. The topological polar surface area (TPSA) is 49.4 Å². The fraction of sp³-hybridized carbons (Fsp3) is 0.385. The Morgan fingerprint density at radius 2 is 2.21 bits per heavy atom. The lowest BCUT2D eigenvalue weighted by molar-refractivity contribution is -0.138. The molecule has 4 nitrogen and oxygen atoms in total. The van der Waals surface area contributed by atoms with Crippen LogP contribution in [0, 0.1) is 5.82 Å². The van der Waals surface area contributed by atoms with E-state index in [1.165, 1.54) is 23.1 Å². The number of hydrogen-bond donors (Lipinski definition) is 1. The van der Waals surface area contributed by atoms with Crippen molar-refractivity contribution in [2.75, 3.05) is 11.9 Å². The molecule has 1 aromatic rings. The van der Waals surface area contributed by atoms with Crippen molar-refractivity contribution in [3.05, 3.63) is 29.0 Å². The number of rotatable bonds is 4. The second-order valence-electron chi connectivity index (χ2n) is 4.41. The molecule has 0 spiro atoms. The number of nitrogens with zero attached hydrogens (tertiary/aromatic N) is 1. The van der Waals surface area contributed by atoms with E-state index in [9.17, 15) is 14.0 Å². The summed E-state index contributed by atoms with van der Waals surface area (Å²) in [6.45, 7) is 2.30. The minimum absolute atomic E-state index is 0.0751. The molecule has 1 fully saturated rings. The van der Waals surface area contributed by atoms with Crippen molar-refractivity contribution in [3.8, 4) is 0 Å². The van der Waals surface area contributed by atoms with Crippen LogP contribution in [0.1, 0.15) is 19.8 Å². The molecule has 0 bridgehead atoms. The quantitative estimate of drug-likeness (QED) is 0.864. The van der Waals surface area contributed by atoms with Crippen LogP contribution in [0.4, 0.5) is 10.1 Å². The van der Waals surface area contributed by atoms with Gasteiger partial charge in [0.15, 0.2) is 0 Å². The number of carbonyl (C=O) groups excluding carboxylic acids is 2. The number of nitrogens with one attached hydrogen (secondary N) is 1. The fourth-order valence-corrected chi connectivity index (χ4v) is 2.22. The molecule has 19 heavy (non-hydrogen) atoms. The number of imide groups is 1. The van der Waals surface area contributed by atoms with E-state index >= 15 is 0 Å². The highest BCUT2D eigenvalue weighted by Crippen LogP contribution is 2.26. The van der Waals surface area contributed by atoms with E-state index in [0.717, 1.165) is 0 Å². The van der Waals surface area contributed by atoms with E-state index in [1.54, 1.807) is 0 Å². The number of hydrogen-bond acceptors (Lipinski definition) is 3. The van der Waals surface area contributed by atoms with Crippen LogP contribution in [0.3, 0.4) is 0 Å².